The number of nitrogens with zero attached hydrogens (tertiary/aromatic N) is 2. The molecule has 0 spiro atoms. The molecule has 5 heteroatoms. The van der Waals surface area contributed by atoms with Gasteiger partial charge in [0.25, 0.3) is 0 Å². The molecule has 1 atom stereocenters. The Morgan fingerprint density at radius 1 is 1.41 bits per heavy atom. The zero-order valence-corrected chi connectivity index (χ0v) is 9.63. The SMILES string of the molecule is CCCOc1ccccc1C(O)c1cn[nH]n1. The molecular formula is C12H15N3O2. The molecule has 0 amide bonds. The van der Waals surface area contributed by atoms with Gasteiger partial charge < -0.3 is 9.84 Å². The van der Waals surface area contributed by atoms with E-state index in [1.807, 2.05) is 31.2 Å². The zero-order chi connectivity index (χ0) is 12.1. The van der Waals surface area contributed by atoms with Gasteiger partial charge in [-0.2, -0.15) is 15.4 Å². The minimum atomic E-state index is -0.818. The number of aromatic amines is 1. The van der Waals surface area contributed by atoms with E-state index in [1.54, 1.807) is 0 Å². The lowest BCUT2D eigenvalue weighted by Gasteiger charge is -2.13. The van der Waals surface area contributed by atoms with Crippen molar-refractivity contribution in [1.29, 1.82) is 0 Å². The topological polar surface area (TPSA) is 71.0 Å². The van der Waals surface area contributed by atoms with E-state index in [0.29, 0.717) is 23.6 Å². The number of hydrogen-bond donors (Lipinski definition) is 2. The Kier molecular flexibility index (Phi) is 3.72. The van der Waals surface area contributed by atoms with Gasteiger partial charge in [0, 0.05) is 5.56 Å². The molecule has 90 valence electrons. The van der Waals surface area contributed by atoms with Crippen LogP contribution in [0.25, 0.3) is 0 Å². The first kappa shape index (κ1) is 11.6. The number of ether oxygens (including phenoxy) is 1. The third-order valence-electron chi connectivity index (χ3n) is 2.39. The summed E-state index contributed by atoms with van der Waals surface area (Å²) in [6.07, 6.45) is 1.61. The molecule has 0 saturated heterocycles. The predicted molar refractivity (Wildman–Crippen MR) is 62.7 cm³/mol. The van der Waals surface area contributed by atoms with Gasteiger partial charge in [0.05, 0.1) is 12.8 Å². The number of aliphatic hydroxyl groups excluding tert-OH is 1. The van der Waals surface area contributed by atoms with E-state index in [2.05, 4.69) is 15.4 Å². The minimum absolute atomic E-state index is 0.484. The quantitative estimate of drug-likeness (QED) is 0.824. The highest BCUT2D eigenvalue weighted by atomic mass is 16.5. The van der Waals surface area contributed by atoms with Gasteiger partial charge in [0.15, 0.2) is 0 Å². The summed E-state index contributed by atoms with van der Waals surface area (Å²) in [6.45, 7) is 2.67. The summed E-state index contributed by atoms with van der Waals surface area (Å²) < 4.78 is 5.59. The van der Waals surface area contributed by atoms with Crippen LogP contribution in [0.1, 0.15) is 30.7 Å². The Bertz CT molecular complexity index is 457. The summed E-state index contributed by atoms with van der Waals surface area (Å²) in [4.78, 5) is 0. The van der Waals surface area contributed by atoms with Gasteiger partial charge in [-0.05, 0) is 12.5 Å². The Hall–Kier alpha value is -1.88. The molecule has 5 nitrogen and oxygen atoms in total. The van der Waals surface area contributed by atoms with Crippen molar-refractivity contribution in [2.45, 2.75) is 19.4 Å². The van der Waals surface area contributed by atoms with Gasteiger partial charge in [-0.15, -0.1) is 0 Å². The van der Waals surface area contributed by atoms with Gasteiger partial charge in [-0.25, -0.2) is 0 Å². The highest BCUT2D eigenvalue weighted by molar-refractivity contribution is 5.38. The lowest BCUT2D eigenvalue weighted by atomic mass is 10.1. The van der Waals surface area contributed by atoms with Crippen LogP contribution in [0, 0.1) is 0 Å². The van der Waals surface area contributed by atoms with E-state index in [1.165, 1.54) is 6.20 Å². The molecule has 17 heavy (non-hydrogen) atoms. The van der Waals surface area contributed by atoms with Crippen molar-refractivity contribution in [3.8, 4) is 5.75 Å². The van der Waals surface area contributed by atoms with E-state index in [9.17, 15) is 5.11 Å². The van der Waals surface area contributed by atoms with Crippen molar-refractivity contribution in [1.82, 2.24) is 15.4 Å². The van der Waals surface area contributed by atoms with Gasteiger partial charge in [-0.3, -0.25) is 0 Å². The van der Waals surface area contributed by atoms with Crippen LogP contribution in [0.15, 0.2) is 30.5 Å². The lowest BCUT2D eigenvalue weighted by Crippen LogP contribution is -2.05. The highest BCUT2D eigenvalue weighted by Crippen LogP contribution is 2.28. The third kappa shape index (κ3) is 2.62. The second kappa shape index (κ2) is 5.45. The van der Waals surface area contributed by atoms with E-state index in [0.717, 1.165) is 6.42 Å². The van der Waals surface area contributed by atoms with Crippen LogP contribution in [0.3, 0.4) is 0 Å². The highest BCUT2D eigenvalue weighted by Gasteiger charge is 2.17. The molecule has 0 aliphatic carbocycles. The maximum atomic E-state index is 10.2. The number of nitrogens with one attached hydrogen (secondary N) is 1. The summed E-state index contributed by atoms with van der Waals surface area (Å²) in [6, 6.07) is 7.40. The fraction of sp³-hybridized carbons (Fsp3) is 0.333. The van der Waals surface area contributed by atoms with Crippen molar-refractivity contribution < 1.29 is 9.84 Å². The maximum Gasteiger partial charge on any atom is 0.128 e. The van der Waals surface area contributed by atoms with Crippen LogP contribution >= 0.6 is 0 Å². The molecular weight excluding hydrogens is 218 g/mol. The van der Waals surface area contributed by atoms with E-state index >= 15 is 0 Å². The van der Waals surface area contributed by atoms with Gasteiger partial charge in [0.2, 0.25) is 0 Å². The van der Waals surface area contributed by atoms with Crippen LogP contribution in [-0.4, -0.2) is 27.1 Å². The number of benzene rings is 1. The van der Waals surface area contributed by atoms with E-state index in [4.69, 9.17) is 4.74 Å². The number of aromatic nitrogens is 3. The third-order valence-corrected chi connectivity index (χ3v) is 2.39. The molecule has 0 aliphatic heterocycles. The molecule has 0 bridgehead atoms. The van der Waals surface area contributed by atoms with Crippen LogP contribution in [0.2, 0.25) is 0 Å². The Balaban J connectivity index is 2.25. The van der Waals surface area contributed by atoms with Crippen LogP contribution in [0.4, 0.5) is 0 Å². The molecule has 0 fully saturated rings. The summed E-state index contributed by atoms with van der Waals surface area (Å²) in [7, 11) is 0. The monoisotopic (exact) mass is 233 g/mol. The molecule has 1 aromatic heterocycles. The second-order valence-electron chi connectivity index (χ2n) is 3.68. The molecule has 1 aromatic carbocycles. The average molecular weight is 233 g/mol. The number of hydrogen-bond acceptors (Lipinski definition) is 4. The Labute approximate surface area is 99.4 Å². The van der Waals surface area contributed by atoms with Crippen molar-refractivity contribution in [3.63, 3.8) is 0 Å². The minimum Gasteiger partial charge on any atom is -0.493 e. The van der Waals surface area contributed by atoms with Crippen LogP contribution < -0.4 is 4.74 Å². The Morgan fingerprint density at radius 2 is 2.24 bits per heavy atom. The number of para-hydroxylation sites is 1. The van der Waals surface area contributed by atoms with E-state index < -0.39 is 6.10 Å². The average Bonchev–Trinajstić information content (AvgIpc) is 2.89. The fourth-order valence-corrected chi connectivity index (χ4v) is 1.55. The molecule has 0 radical (unpaired) electrons. The summed E-state index contributed by atoms with van der Waals surface area (Å²) in [5.41, 5.74) is 1.19. The number of H-pyrrole nitrogens is 1. The van der Waals surface area contributed by atoms with Crippen molar-refractivity contribution in [2.24, 2.45) is 0 Å². The predicted octanol–water partition coefficient (Wildman–Crippen LogP) is 1.68. The van der Waals surface area contributed by atoms with E-state index in [-0.39, 0.29) is 0 Å². The first-order chi connectivity index (χ1) is 8.33. The van der Waals surface area contributed by atoms with Crippen molar-refractivity contribution in [3.05, 3.63) is 41.7 Å². The van der Waals surface area contributed by atoms with Gasteiger partial charge >= 0.3 is 0 Å². The van der Waals surface area contributed by atoms with Crippen LogP contribution in [-0.2, 0) is 0 Å². The molecule has 2 aromatic rings. The Morgan fingerprint density at radius 3 is 2.94 bits per heavy atom. The smallest absolute Gasteiger partial charge is 0.128 e. The van der Waals surface area contributed by atoms with Crippen LogP contribution in [0.5, 0.6) is 5.75 Å². The molecule has 0 aliphatic rings. The summed E-state index contributed by atoms with van der Waals surface area (Å²) in [5.74, 6) is 0.685. The number of aliphatic hydroxyl groups is 1. The molecule has 1 unspecified atom stereocenters. The molecule has 2 N–H and O–H groups in total. The summed E-state index contributed by atoms with van der Waals surface area (Å²) in [5, 5.41) is 20.2. The van der Waals surface area contributed by atoms with Gasteiger partial charge in [0.1, 0.15) is 17.5 Å². The summed E-state index contributed by atoms with van der Waals surface area (Å²) >= 11 is 0. The molecule has 1 heterocycles. The first-order valence-corrected chi connectivity index (χ1v) is 5.58. The fourth-order valence-electron chi connectivity index (χ4n) is 1.55. The standard InChI is InChI=1S/C12H15N3O2/c1-2-7-17-11-6-4-3-5-9(11)12(16)10-8-13-15-14-10/h3-6,8,12,16H,2,7H2,1H3,(H,13,14,15). The number of rotatable bonds is 5. The van der Waals surface area contributed by atoms with Crippen molar-refractivity contribution in [2.75, 3.05) is 6.61 Å². The van der Waals surface area contributed by atoms with Crippen molar-refractivity contribution >= 4 is 0 Å². The zero-order valence-electron chi connectivity index (χ0n) is 9.63. The maximum absolute atomic E-state index is 10.2. The second-order valence-corrected chi connectivity index (χ2v) is 3.68. The normalized spacial score (nSPS) is 12.4. The van der Waals surface area contributed by atoms with Gasteiger partial charge in [-0.1, -0.05) is 25.1 Å². The largest absolute Gasteiger partial charge is 0.493 e. The molecule has 2 rings (SSSR count). The first-order valence-electron chi connectivity index (χ1n) is 5.58. The lowest BCUT2D eigenvalue weighted by molar-refractivity contribution is 0.206. The molecule has 0 saturated carbocycles.